The van der Waals surface area contributed by atoms with Crippen molar-refractivity contribution >= 4 is 17.2 Å². The summed E-state index contributed by atoms with van der Waals surface area (Å²) in [6.45, 7) is 8.28. The number of hydrogen-bond donors (Lipinski definition) is 0. The summed E-state index contributed by atoms with van der Waals surface area (Å²) in [5.41, 5.74) is 0.623. The molecule has 6 heteroatoms. The number of piperidine rings is 1. The number of nitrogens with zero attached hydrogens (tertiary/aromatic N) is 3. The molecule has 1 atom stereocenters. The van der Waals surface area contributed by atoms with E-state index < -0.39 is 0 Å². The second kappa shape index (κ2) is 6.85. The van der Waals surface area contributed by atoms with Gasteiger partial charge in [0.2, 0.25) is 0 Å². The summed E-state index contributed by atoms with van der Waals surface area (Å²) in [5.74, 6) is 0.709. The second-order valence-corrected chi connectivity index (χ2v) is 6.96. The van der Waals surface area contributed by atoms with E-state index in [1.54, 1.807) is 11.3 Å². The molecule has 0 saturated carbocycles. The molecule has 3 heterocycles. The Hall–Kier alpha value is -0.980. The Bertz CT molecular complexity index is 485. The highest BCUT2D eigenvalue weighted by Gasteiger charge is 2.24. The minimum absolute atomic E-state index is 0.103. The molecule has 2 saturated heterocycles. The van der Waals surface area contributed by atoms with Crippen molar-refractivity contribution in [2.45, 2.75) is 26.3 Å². The van der Waals surface area contributed by atoms with Crippen LogP contribution in [0.15, 0.2) is 5.38 Å². The Morgan fingerprint density at radius 1 is 1.43 bits per heavy atom. The zero-order valence-electron chi connectivity index (χ0n) is 12.6. The summed E-state index contributed by atoms with van der Waals surface area (Å²) < 4.78 is 5.35. The predicted molar refractivity (Wildman–Crippen MR) is 82.5 cm³/mol. The van der Waals surface area contributed by atoms with E-state index in [9.17, 15) is 4.79 Å². The Kier molecular flexibility index (Phi) is 4.87. The van der Waals surface area contributed by atoms with E-state index in [4.69, 9.17) is 4.74 Å². The number of hydrogen-bond acceptors (Lipinski definition) is 5. The smallest absolute Gasteiger partial charge is 0.273 e. The fourth-order valence-corrected chi connectivity index (χ4v) is 3.78. The van der Waals surface area contributed by atoms with Gasteiger partial charge in [0.15, 0.2) is 0 Å². The van der Waals surface area contributed by atoms with Crippen LogP contribution in [0, 0.1) is 5.92 Å². The van der Waals surface area contributed by atoms with Crippen LogP contribution in [-0.4, -0.2) is 60.1 Å². The zero-order chi connectivity index (χ0) is 14.7. The van der Waals surface area contributed by atoms with Gasteiger partial charge in [0.25, 0.3) is 5.91 Å². The van der Waals surface area contributed by atoms with Crippen molar-refractivity contribution in [2.75, 3.05) is 39.4 Å². The third kappa shape index (κ3) is 3.81. The molecule has 1 aromatic heterocycles. The van der Waals surface area contributed by atoms with Crippen LogP contribution in [0.4, 0.5) is 0 Å². The molecule has 0 bridgehead atoms. The van der Waals surface area contributed by atoms with Crippen LogP contribution >= 0.6 is 11.3 Å². The molecular formula is C15H23N3O2S. The number of aromatic nitrogens is 1. The maximum Gasteiger partial charge on any atom is 0.273 e. The van der Waals surface area contributed by atoms with Gasteiger partial charge in [0, 0.05) is 31.6 Å². The molecule has 21 heavy (non-hydrogen) atoms. The highest BCUT2D eigenvalue weighted by atomic mass is 32.1. The van der Waals surface area contributed by atoms with Gasteiger partial charge in [-0.1, -0.05) is 6.92 Å². The summed E-state index contributed by atoms with van der Waals surface area (Å²) in [7, 11) is 0. The van der Waals surface area contributed by atoms with E-state index in [-0.39, 0.29) is 5.91 Å². The molecule has 2 aliphatic heterocycles. The fraction of sp³-hybridized carbons (Fsp3) is 0.733. The molecule has 2 fully saturated rings. The van der Waals surface area contributed by atoms with Gasteiger partial charge < -0.3 is 9.64 Å². The fourth-order valence-electron chi connectivity index (χ4n) is 2.97. The molecule has 0 radical (unpaired) electrons. The molecular weight excluding hydrogens is 286 g/mol. The normalized spacial score (nSPS) is 24.2. The number of ether oxygens (including phenoxy) is 1. The molecule has 3 rings (SSSR count). The number of carbonyl (C=O) groups excluding carboxylic acids is 1. The first-order valence-electron chi connectivity index (χ1n) is 7.76. The molecule has 2 aliphatic rings. The predicted octanol–water partition coefficient (Wildman–Crippen LogP) is 1.85. The second-order valence-electron chi connectivity index (χ2n) is 6.01. The number of morpholine rings is 1. The largest absolute Gasteiger partial charge is 0.379 e. The standard InChI is InChI=1S/C15H23N3O2S/c1-12-3-2-4-18(9-12)15(19)13-11-21-14(16-13)10-17-5-7-20-8-6-17/h11-12H,2-10H2,1H3. The van der Waals surface area contributed by atoms with Crippen molar-refractivity contribution in [2.24, 2.45) is 5.92 Å². The summed E-state index contributed by atoms with van der Waals surface area (Å²) >= 11 is 1.60. The molecule has 0 aromatic carbocycles. The lowest BCUT2D eigenvalue weighted by molar-refractivity contribution is 0.0341. The Morgan fingerprint density at radius 3 is 3.00 bits per heavy atom. The van der Waals surface area contributed by atoms with E-state index in [1.165, 1.54) is 6.42 Å². The average Bonchev–Trinajstić information content (AvgIpc) is 2.96. The van der Waals surface area contributed by atoms with Crippen molar-refractivity contribution in [3.63, 3.8) is 0 Å². The van der Waals surface area contributed by atoms with Crippen molar-refractivity contribution in [1.29, 1.82) is 0 Å². The highest BCUT2D eigenvalue weighted by molar-refractivity contribution is 7.09. The van der Waals surface area contributed by atoms with Crippen LogP contribution in [0.1, 0.15) is 35.3 Å². The molecule has 0 spiro atoms. The maximum atomic E-state index is 12.5. The van der Waals surface area contributed by atoms with Gasteiger partial charge in [-0.2, -0.15) is 0 Å². The van der Waals surface area contributed by atoms with Crippen molar-refractivity contribution in [3.8, 4) is 0 Å². The van der Waals surface area contributed by atoms with Gasteiger partial charge >= 0.3 is 0 Å². The number of carbonyl (C=O) groups is 1. The number of rotatable bonds is 3. The molecule has 0 N–H and O–H groups in total. The average molecular weight is 309 g/mol. The summed E-state index contributed by atoms with van der Waals surface area (Å²) in [4.78, 5) is 21.3. The SMILES string of the molecule is CC1CCCN(C(=O)c2csc(CN3CCOCC3)n2)C1. The summed E-state index contributed by atoms with van der Waals surface area (Å²) in [5, 5.41) is 2.95. The van der Waals surface area contributed by atoms with E-state index >= 15 is 0 Å². The van der Waals surface area contributed by atoms with Crippen molar-refractivity contribution in [3.05, 3.63) is 16.1 Å². The van der Waals surface area contributed by atoms with Gasteiger partial charge in [-0.15, -0.1) is 11.3 Å². The van der Waals surface area contributed by atoms with E-state index in [0.29, 0.717) is 11.6 Å². The first-order valence-corrected chi connectivity index (χ1v) is 8.64. The van der Waals surface area contributed by atoms with Gasteiger partial charge in [0.1, 0.15) is 10.7 Å². The van der Waals surface area contributed by atoms with Crippen LogP contribution < -0.4 is 0 Å². The number of likely N-dealkylation sites (tertiary alicyclic amines) is 1. The van der Waals surface area contributed by atoms with Crippen LogP contribution in [0.3, 0.4) is 0 Å². The lowest BCUT2D eigenvalue weighted by Gasteiger charge is -2.30. The lowest BCUT2D eigenvalue weighted by Crippen LogP contribution is -2.39. The zero-order valence-corrected chi connectivity index (χ0v) is 13.4. The Labute approximate surface area is 129 Å². The topological polar surface area (TPSA) is 45.7 Å². The summed E-state index contributed by atoms with van der Waals surface area (Å²) in [6, 6.07) is 0. The molecule has 0 aliphatic carbocycles. The molecule has 1 unspecified atom stereocenters. The number of amides is 1. The maximum absolute atomic E-state index is 12.5. The lowest BCUT2D eigenvalue weighted by atomic mass is 10.0. The van der Waals surface area contributed by atoms with Crippen LogP contribution in [0.25, 0.3) is 0 Å². The molecule has 5 nitrogen and oxygen atoms in total. The third-order valence-corrected chi connectivity index (χ3v) is 5.01. The van der Waals surface area contributed by atoms with Crippen LogP contribution in [0.2, 0.25) is 0 Å². The monoisotopic (exact) mass is 309 g/mol. The van der Waals surface area contributed by atoms with Gasteiger partial charge in [0.05, 0.1) is 19.8 Å². The van der Waals surface area contributed by atoms with E-state index in [2.05, 4.69) is 16.8 Å². The van der Waals surface area contributed by atoms with Crippen molar-refractivity contribution < 1.29 is 9.53 Å². The van der Waals surface area contributed by atoms with E-state index in [0.717, 1.165) is 57.4 Å². The Balaban J connectivity index is 1.59. The summed E-state index contributed by atoms with van der Waals surface area (Å²) in [6.07, 6.45) is 2.33. The molecule has 116 valence electrons. The van der Waals surface area contributed by atoms with Gasteiger partial charge in [-0.05, 0) is 18.8 Å². The van der Waals surface area contributed by atoms with E-state index in [1.807, 2.05) is 10.3 Å². The molecule has 1 aromatic rings. The van der Waals surface area contributed by atoms with Crippen LogP contribution in [-0.2, 0) is 11.3 Å². The minimum atomic E-state index is 0.103. The Morgan fingerprint density at radius 2 is 2.24 bits per heavy atom. The van der Waals surface area contributed by atoms with Crippen molar-refractivity contribution in [1.82, 2.24) is 14.8 Å². The first-order chi connectivity index (χ1) is 10.2. The minimum Gasteiger partial charge on any atom is -0.379 e. The molecule has 1 amide bonds. The first kappa shape index (κ1) is 14.9. The van der Waals surface area contributed by atoms with Gasteiger partial charge in [-0.25, -0.2) is 4.98 Å². The number of thiazole rings is 1. The highest BCUT2D eigenvalue weighted by Crippen LogP contribution is 2.19. The quantitative estimate of drug-likeness (QED) is 0.855. The van der Waals surface area contributed by atoms with Gasteiger partial charge in [-0.3, -0.25) is 9.69 Å². The van der Waals surface area contributed by atoms with Crippen LogP contribution in [0.5, 0.6) is 0 Å². The third-order valence-electron chi connectivity index (χ3n) is 4.18.